The van der Waals surface area contributed by atoms with Crippen molar-refractivity contribution in [1.29, 1.82) is 0 Å². The molecule has 0 saturated heterocycles. The maximum atomic E-state index is 13.6. The first-order chi connectivity index (χ1) is 9.81. The molecule has 0 radical (unpaired) electrons. The van der Waals surface area contributed by atoms with Crippen LogP contribution in [0.5, 0.6) is 11.5 Å². The van der Waals surface area contributed by atoms with Crippen LogP contribution in [0.2, 0.25) is 0 Å². The van der Waals surface area contributed by atoms with Crippen molar-refractivity contribution in [2.45, 2.75) is 6.18 Å². The Morgan fingerprint density at radius 1 is 1.00 bits per heavy atom. The van der Waals surface area contributed by atoms with Gasteiger partial charge >= 0.3 is 6.18 Å². The Hall–Kier alpha value is -2.44. The van der Waals surface area contributed by atoms with E-state index in [9.17, 15) is 26.7 Å². The molecule has 2 aromatic carbocycles. The summed E-state index contributed by atoms with van der Waals surface area (Å²) in [6.45, 7) is 0. The minimum absolute atomic E-state index is 0.236. The summed E-state index contributed by atoms with van der Waals surface area (Å²) in [6.07, 6.45) is -4.36. The highest BCUT2D eigenvalue weighted by Crippen LogP contribution is 2.34. The second-order valence-electron chi connectivity index (χ2n) is 4.06. The zero-order chi connectivity index (χ0) is 15.6. The molecule has 0 fully saturated rings. The maximum absolute atomic E-state index is 13.6. The first-order valence-corrected chi connectivity index (χ1v) is 5.60. The van der Waals surface area contributed by atoms with Crippen LogP contribution >= 0.6 is 0 Å². The molecular formula is C14H7F5O2. The third kappa shape index (κ3) is 3.36. The molecule has 0 N–H and O–H groups in total. The maximum Gasteiger partial charge on any atom is 0.416 e. The topological polar surface area (TPSA) is 26.3 Å². The third-order valence-corrected chi connectivity index (χ3v) is 2.54. The number of alkyl halides is 3. The monoisotopic (exact) mass is 302 g/mol. The number of carbonyl (C=O) groups excluding carboxylic acids is 1. The van der Waals surface area contributed by atoms with E-state index in [2.05, 4.69) is 0 Å². The van der Waals surface area contributed by atoms with Gasteiger partial charge in [-0.25, -0.2) is 8.78 Å². The lowest BCUT2D eigenvalue weighted by Crippen LogP contribution is -2.04. The highest BCUT2D eigenvalue weighted by atomic mass is 19.4. The molecule has 0 aliphatic carbocycles. The van der Waals surface area contributed by atoms with Gasteiger partial charge in [-0.15, -0.1) is 0 Å². The number of carbonyl (C=O) groups is 1. The van der Waals surface area contributed by atoms with Crippen molar-refractivity contribution >= 4 is 6.29 Å². The van der Waals surface area contributed by atoms with Gasteiger partial charge in [0.1, 0.15) is 12.0 Å². The molecule has 2 rings (SSSR count). The van der Waals surface area contributed by atoms with E-state index in [0.717, 1.165) is 30.3 Å². The van der Waals surface area contributed by atoms with E-state index in [0.29, 0.717) is 6.07 Å². The summed E-state index contributed by atoms with van der Waals surface area (Å²) in [5, 5.41) is 0. The van der Waals surface area contributed by atoms with Gasteiger partial charge in [0.2, 0.25) is 0 Å². The predicted molar refractivity (Wildman–Crippen MR) is 63.3 cm³/mol. The van der Waals surface area contributed by atoms with Gasteiger partial charge in [-0.3, -0.25) is 4.79 Å². The van der Waals surface area contributed by atoms with Gasteiger partial charge in [0.15, 0.2) is 17.4 Å². The SMILES string of the molecule is O=Cc1cc(F)c(Oc2cccc(C(F)(F)F)c2)c(F)c1. The zero-order valence-electron chi connectivity index (χ0n) is 10.2. The van der Waals surface area contributed by atoms with E-state index in [-0.39, 0.29) is 17.6 Å². The molecule has 0 bridgehead atoms. The Morgan fingerprint density at radius 3 is 2.14 bits per heavy atom. The summed E-state index contributed by atoms with van der Waals surface area (Å²) >= 11 is 0. The van der Waals surface area contributed by atoms with Crippen LogP contribution in [-0.2, 0) is 6.18 Å². The van der Waals surface area contributed by atoms with Crippen LogP contribution in [0.1, 0.15) is 15.9 Å². The fourth-order valence-corrected chi connectivity index (χ4v) is 1.60. The lowest BCUT2D eigenvalue weighted by atomic mass is 10.2. The molecule has 0 unspecified atom stereocenters. The van der Waals surface area contributed by atoms with Gasteiger partial charge < -0.3 is 4.74 Å². The van der Waals surface area contributed by atoms with Crippen molar-refractivity contribution in [3.05, 3.63) is 59.2 Å². The molecule has 0 aromatic heterocycles. The molecule has 0 atom stereocenters. The molecular weight excluding hydrogens is 295 g/mol. The second-order valence-corrected chi connectivity index (χ2v) is 4.06. The van der Waals surface area contributed by atoms with Crippen LogP contribution in [0.25, 0.3) is 0 Å². The van der Waals surface area contributed by atoms with Gasteiger partial charge in [0.05, 0.1) is 5.56 Å². The first-order valence-electron chi connectivity index (χ1n) is 5.60. The largest absolute Gasteiger partial charge is 0.451 e. The van der Waals surface area contributed by atoms with Crippen LogP contribution < -0.4 is 4.74 Å². The Kier molecular flexibility index (Phi) is 3.93. The summed E-state index contributed by atoms with van der Waals surface area (Å²) in [5.41, 5.74) is -1.26. The Labute approximate surface area is 115 Å². The van der Waals surface area contributed by atoms with Crippen LogP contribution in [0.15, 0.2) is 36.4 Å². The van der Waals surface area contributed by atoms with Crippen molar-refractivity contribution in [3.63, 3.8) is 0 Å². The zero-order valence-corrected chi connectivity index (χ0v) is 10.2. The highest BCUT2D eigenvalue weighted by molar-refractivity contribution is 5.75. The number of ether oxygens (including phenoxy) is 1. The molecule has 0 amide bonds. The molecule has 110 valence electrons. The summed E-state index contributed by atoms with van der Waals surface area (Å²) in [5.74, 6) is -3.62. The smallest absolute Gasteiger partial charge is 0.416 e. The van der Waals surface area contributed by atoms with Crippen LogP contribution in [0.4, 0.5) is 22.0 Å². The van der Waals surface area contributed by atoms with Crippen molar-refractivity contribution in [2.24, 2.45) is 0 Å². The van der Waals surface area contributed by atoms with Crippen LogP contribution in [0, 0.1) is 11.6 Å². The number of halogens is 5. The number of hydrogen-bond acceptors (Lipinski definition) is 2. The van der Waals surface area contributed by atoms with Crippen LogP contribution in [-0.4, -0.2) is 6.29 Å². The Bertz CT molecular complexity index is 656. The van der Waals surface area contributed by atoms with Crippen molar-refractivity contribution in [2.75, 3.05) is 0 Å². The van der Waals surface area contributed by atoms with Gasteiger partial charge in [0, 0.05) is 5.56 Å². The van der Waals surface area contributed by atoms with Gasteiger partial charge in [-0.1, -0.05) is 6.07 Å². The molecule has 2 aromatic rings. The van der Waals surface area contributed by atoms with Crippen LogP contribution in [0.3, 0.4) is 0 Å². The normalized spacial score (nSPS) is 11.3. The Balaban J connectivity index is 2.37. The van der Waals surface area contributed by atoms with Crippen molar-refractivity contribution < 1.29 is 31.5 Å². The van der Waals surface area contributed by atoms with Gasteiger partial charge in [0.25, 0.3) is 0 Å². The van der Waals surface area contributed by atoms with E-state index in [1.54, 1.807) is 0 Å². The number of aldehydes is 1. The molecule has 0 aliphatic rings. The van der Waals surface area contributed by atoms with E-state index < -0.39 is 29.1 Å². The minimum Gasteiger partial charge on any atom is -0.451 e. The average molecular weight is 302 g/mol. The summed E-state index contributed by atoms with van der Waals surface area (Å²) < 4.78 is 69.5. The van der Waals surface area contributed by atoms with E-state index >= 15 is 0 Å². The molecule has 7 heteroatoms. The average Bonchev–Trinajstić information content (AvgIpc) is 2.42. The van der Waals surface area contributed by atoms with E-state index in [1.807, 2.05) is 0 Å². The highest BCUT2D eigenvalue weighted by Gasteiger charge is 2.30. The van der Waals surface area contributed by atoms with E-state index in [4.69, 9.17) is 4.74 Å². The summed E-state index contributed by atoms with van der Waals surface area (Å²) in [7, 11) is 0. The summed E-state index contributed by atoms with van der Waals surface area (Å²) in [4.78, 5) is 10.4. The molecule has 0 heterocycles. The molecule has 0 aliphatic heterocycles. The first kappa shape index (κ1) is 15.0. The number of hydrogen-bond donors (Lipinski definition) is 0. The quantitative estimate of drug-likeness (QED) is 0.612. The van der Waals surface area contributed by atoms with Crippen molar-refractivity contribution in [1.82, 2.24) is 0 Å². The number of benzene rings is 2. The number of rotatable bonds is 3. The van der Waals surface area contributed by atoms with Gasteiger partial charge in [-0.05, 0) is 30.3 Å². The molecule has 2 nitrogen and oxygen atoms in total. The molecule has 0 saturated carbocycles. The fraction of sp³-hybridized carbons (Fsp3) is 0.0714. The minimum atomic E-state index is -4.60. The molecule has 21 heavy (non-hydrogen) atoms. The van der Waals surface area contributed by atoms with Gasteiger partial charge in [-0.2, -0.15) is 13.2 Å². The van der Waals surface area contributed by atoms with Crippen molar-refractivity contribution in [3.8, 4) is 11.5 Å². The summed E-state index contributed by atoms with van der Waals surface area (Å²) in [6, 6.07) is 5.04. The fourth-order valence-electron chi connectivity index (χ4n) is 1.60. The molecule has 0 spiro atoms. The van der Waals surface area contributed by atoms with E-state index in [1.165, 1.54) is 0 Å². The lowest BCUT2D eigenvalue weighted by Gasteiger charge is -2.11. The standard InChI is InChI=1S/C14H7F5O2/c15-11-4-8(7-20)5-12(16)13(11)21-10-3-1-2-9(6-10)14(17,18)19/h1-7H. The second kappa shape index (κ2) is 5.51. The predicted octanol–water partition coefficient (Wildman–Crippen LogP) is 4.59. The third-order valence-electron chi connectivity index (χ3n) is 2.54. The lowest BCUT2D eigenvalue weighted by molar-refractivity contribution is -0.137. The Morgan fingerprint density at radius 2 is 1.62 bits per heavy atom.